The summed E-state index contributed by atoms with van der Waals surface area (Å²) >= 11 is 0. The number of anilines is 1. The number of hydrogen-bond donors (Lipinski definition) is 2. The van der Waals surface area contributed by atoms with Crippen LogP contribution >= 0.6 is 0 Å². The number of hydrogen-bond acceptors (Lipinski definition) is 4. The van der Waals surface area contributed by atoms with Gasteiger partial charge < -0.3 is 10.5 Å². The largest absolute Gasteiger partial charge is 0.396 e. The number of ether oxygens (including phenoxy) is 1. The van der Waals surface area contributed by atoms with Gasteiger partial charge in [0.15, 0.2) is 0 Å². The van der Waals surface area contributed by atoms with Crippen molar-refractivity contribution in [1.82, 2.24) is 4.72 Å². The molecule has 0 heterocycles. The molecule has 0 atom stereocenters. The predicted octanol–water partition coefficient (Wildman–Crippen LogP) is 1.65. The highest BCUT2D eigenvalue weighted by atomic mass is 32.2. The standard InChI is InChI=1S/C13H19FN2O3S/c14-12-6-5-11(9-13(12)15)20(17,18)16-7-8-19-10-3-1-2-4-10/h5-6,9-10,16H,1-4,7-8,15H2. The van der Waals surface area contributed by atoms with Gasteiger partial charge in [0.2, 0.25) is 10.0 Å². The zero-order valence-corrected chi connectivity index (χ0v) is 12.0. The number of nitrogens with one attached hydrogen (secondary N) is 1. The van der Waals surface area contributed by atoms with E-state index in [1.165, 1.54) is 18.9 Å². The van der Waals surface area contributed by atoms with E-state index in [0.29, 0.717) is 6.61 Å². The lowest BCUT2D eigenvalue weighted by Crippen LogP contribution is -2.28. The molecule has 0 radical (unpaired) electrons. The molecule has 0 aliphatic heterocycles. The molecule has 0 unspecified atom stereocenters. The third kappa shape index (κ3) is 3.91. The van der Waals surface area contributed by atoms with E-state index in [0.717, 1.165) is 25.0 Å². The van der Waals surface area contributed by atoms with Crippen molar-refractivity contribution in [3.63, 3.8) is 0 Å². The zero-order valence-electron chi connectivity index (χ0n) is 11.1. The van der Waals surface area contributed by atoms with Crippen LogP contribution in [0, 0.1) is 5.82 Å². The Morgan fingerprint density at radius 1 is 1.35 bits per heavy atom. The number of benzene rings is 1. The van der Waals surface area contributed by atoms with Gasteiger partial charge in [0.25, 0.3) is 0 Å². The highest BCUT2D eigenvalue weighted by Crippen LogP contribution is 2.20. The van der Waals surface area contributed by atoms with Gasteiger partial charge in [-0.3, -0.25) is 0 Å². The first-order valence-corrected chi connectivity index (χ1v) is 8.13. The van der Waals surface area contributed by atoms with E-state index in [2.05, 4.69) is 4.72 Å². The Hall–Kier alpha value is -1.18. The van der Waals surface area contributed by atoms with Crippen LogP contribution in [0.25, 0.3) is 0 Å². The van der Waals surface area contributed by atoms with Crippen LogP contribution in [-0.2, 0) is 14.8 Å². The van der Waals surface area contributed by atoms with Gasteiger partial charge in [-0.2, -0.15) is 0 Å². The summed E-state index contributed by atoms with van der Waals surface area (Å²) in [6, 6.07) is 3.33. The van der Waals surface area contributed by atoms with Crippen molar-refractivity contribution in [2.75, 3.05) is 18.9 Å². The van der Waals surface area contributed by atoms with Crippen LogP contribution in [0.15, 0.2) is 23.1 Å². The van der Waals surface area contributed by atoms with E-state index in [4.69, 9.17) is 10.5 Å². The average molecular weight is 302 g/mol. The molecule has 5 nitrogen and oxygen atoms in total. The summed E-state index contributed by atoms with van der Waals surface area (Å²) in [5, 5.41) is 0. The molecule has 1 aromatic rings. The summed E-state index contributed by atoms with van der Waals surface area (Å²) in [6.45, 7) is 0.524. The fourth-order valence-electron chi connectivity index (χ4n) is 2.23. The van der Waals surface area contributed by atoms with Crippen molar-refractivity contribution in [2.24, 2.45) is 0 Å². The fraction of sp³-hybridized carbons (Fsp3) is 0.538. The Labute approximate surface area is 118 Å². The summed E-state index contributed by atoms with van der Waals surface area (Å²) in [5.41, 5.74) is 5.18. The lowest BCUT2D eigenvalue weighted by Gasteiger charge is -2.12. The molecule has 112 valence electrons. The van der Waals surface area contributed by atoms with E-state index in [1.807, 2.05) is 0 Å². The molecule has 0 saturated heterocycles. The summed E-state index contributed by atoms with van der Waals surface area (Å²) in [6.07, 6.45) is 4.68. The van der Waals surface area contributed by atoms with Gasteiger partial charge >= 0.3 is 0 Å². The second kappa shape index (κ2) is 6.51. The van der Waals surface area contributed by atoms with Gasteiger partial charge in [-0.1, -0.05) is 12.8 Å². The first kappa shape index (κ1) is 15.2. The molecule has 0 bridgehead atoms. The summed E-state index contributed by atoms with van der Waals surface area (Å²) in [4.78, 5) is -0.0442. The van der Waals surface area contributed by atoms with Gasteiger partial charge in [-0.25, -0.2) is 17.5 Å². The van der Waals surface area contributed by atoms with Crippen LogP contribution in [0.3, 0.4) is 0 Å². The summed E-state index contributed by atoms with van der Waals surface area (Å²) < 4.78 is 44.9. The molecular formula is C13H19FN2O3S. The van der Waals surface area contributed by atoms with E-state index in [1.54, 1.807) is 0 Å². The first-order valence-electron chi connectivity index (χ1n) is 6.65. The lowest BCUT2D eigenvalue weighted by atomic mass is 10.3. The molecule has 0 spiro atoms. The number of sulfonamides is 1. The summed E-state index contributed by atoms with van der Waals surface area (Å²) in [5.74, 6) is -0.631. The van der Waals surface area contributed by atoms with Crippen LogP contribution in [0.5, 0.6) is 0 Å². The van der Waals surface area contributed by atoms with Crippen LogP contribution in [0.2, 0.25) is 0 Å². The molecule has 1 fully saturated rings. The van der Waals surface area contributed by atoms with Crippen molar-refractivity contribution in [2.45, 2.75) is 36.7 Å². The second-order valence-corrected chi connectivity index (χ2v) is 6.63. The highest BCUT2D eigenvalue weighted by molar-refractivity contribution is 7.89. The molecule has 1 aliphatic carbocycles. The maximum atomic E-state index is 13.0. The smallest absolute Gasteiger partial charge is 0.240 e. The van der Waals surface area contributed by atoms with Crippen molar-refractivity contribution in [3.8, 4) is 0 Å². The van der Waals surface area contributed by atoms with Crippen molar-refractivity contribution >= 4 is 15.7 Å². The van der Waals surface area contributed by atoms with Crippen LogP contribution < -0.4 is 10.5 Å². The lowest BCUT2D eigenvalue weighted by molar-refractivity contribution is 0.0626. The molecule has 0 aromatic heterocycles. The van der Waals surface area contributed by atoms with Crippen LogP contribution in [0.1, 0.15) is 25.7 Å². The van der Waals surface area contributed by atoms with E-state index in [9.17, 15) is 12.8 Å². The Morgan fingerprint density at radius 2 is 2.05 bits per heavy atom. The fourth-order valence-corrected chi connectivity index (χ4v) is 3.28. The van der Waals surface area contributed by atoms with Gasteiger partial charge in [-0.05, 0) is 31.0 Å². The molecule has 2 rings (SSSR count). The zero-order chi connectivity index (χ0) is 14.6. The molecule has 1 aromatic carbocycles. The maximum Gasteiger partial charge on any atom is 0.240 e. The van der Waals surface area contributed by atoms with Crippen LogP contribution in [0.4, 0.5) is 10.1 Å². The Kier molecular flexibility index (Phi) is 4.95. The molecule has 3 N–H and O–H groups in total. The van der Waals surface area contributed by atoms with Gasteiger partial charge in [0, 0.05) is 6.54 Å². The third-order valence-corrected chi connectivity index (χ3v) is 4.79. The normalized spacial score (nSPS) is 16.6. The Morgan fingerprint density at radius 3 is 2.70 bits per heavy atom. The number of rotatable bonds is 6. The second-order valence-electron chi connectivity index (χ2n) is 4.86. The molecule has 7 heteroatoms. The predicted molar refractivity (Wildman–Crippen MR) is 74.2 cm³/mol. The highest BCUT2D eigenvalue weighted by Gasteiger charge is 2.17. The SMILES string of the molecule is Nc1cc(S(=O)(=O)NCCOC2CCCC2)ccc1F. The minimum atomic E-state index is -3.67. The Bertz CT molecular complexity index is 557. The average Bonchev–Trinajstić information content (AvgIpc) is 2.91. The Balaban J connectivity index is 1.85. The third-order valence-electron chi connectivity index (χ3n) is 3.33. The van der Waals surface area contributed by atoms with Crippen molar-refractivity contribution < 1.29 is 17.5 Å². The van der Waals surface area contributed by atoms with Gasteiger partial charge in [-0.15, -0.1) is 0 Å². The van der Waals surface area contributed by atoms with E-state index in [-0.39, 0.29) is 23.2 Å². The molecule has 1 saturated carbocycles. The molecule has 0 amide bonds. The summed E-state index contributed by atoms with van der Waals surface area (Å²) in [7, 11) is -3.67. The van der Waals surface area contributed by atoms with Crippen molar-refractivity contribution in [3.05, 3.63) is 24.0 Å². The number of nitrogens with two attached hydrogens (primary N) is 1. The number of halogens is 1. The van der Waals surface area contributed by atoms with E-state index >= 15 is 0 Å². The first-order chi connectivity index (χ1) is 9.49. The molecule has 1 aliphatic rings. The van der Waals surface area contributed by atoms with E-state index < -0.39 is 15.8 Å². The van der Waals surface area contributed by atoms with Crippen LogP contribution in [-0.4, -0.2) is 27.7 Å². The van der Waals surface area contributed by atoms with Gasteiger partial charge in [0.05, 0.1) is 23.3 Å². The number of nitrogen functional groups attached to an aromatic ring is 1. The van der Waals surface area contributed by atoms with Gasteiger partial charge in [0.1, 0.15) is 5.82 Å². The monoisotopic (exact) mass is 302 g/mol. The molecular weight excluding hydrogens is 283 g/mol. The quantitative estimate of drug-likeness (QED) is 0.618. The minimum Gasteiger partial charge on any atom is -0.396 e. The minimum absolute atomic E-state index is 0.0442. The van der Waals surface area contributed by atoms with Crippen molar-refractivity contribution in [1.29, 1.82) is 0 Å². The maximum absolute atomic E-state index is 13.0. The molecule has 20 heavy (non-hydrogen) atoms. The topological polar surface area (TPSA) is 81.4 Å².